The SMILES string of the molecule is Cn1nccc1S(=O)(=O)Nc1ccc(N)cc1C#N. The number of hydrogen-bond acceptors (Lipinski definition) is 5. The molecule has 0 atom stereocenters. The van der Waals surface area contributed by atoms with Crippen molar-refractivity contribution in [3.63, 3.8) is 0 Å². The molecular weight excluding hydrogens is 266 g/mol. The largest absolute Gasteiger partial charge is 0.399 e. The lowest BCUT2D eigenvalue weighted by molar-refractivity contribution is 0.582. The van der Waals surface area contributed by atoms with Crippen LogP contribution in [0.1, 0.15) is 5.56 Å². The number of aromatic nitrogens is 2. The smallest absolute Gasteiger partial charge is 0.279 e. The summed E-state index contributed by atoms with van der Waals surface area (Å²) in [4.78, 5) is 0. The maximum absolute atomic E-state index is 12.1. The highest BCUT2D eigenvalue weighted by molar-refractivity contribution is 7.92. The van der Waals surface area contributed by atoms with Crippen molar-refractivity contribution in [3.8, 4) is 6.07 Å². The predicted molar refractivity (Wildman–Crippen MR) is 69.6 cm³/mol. The molecule has 2 aromatic rings. The summed E-state index contributed by atoms with van der Waals surface area (Å²) in [5.41, 5.74) is 6.27. The number of hydrogen-bond donors (Lipinski definition) is 2. The number of nitrogens with one attached hydrogen (secondary N) is 1. The molecule has 0 bridgehead atoms. The first-order chi connectivity index (χ1) is 8.94. The Balaban J connectivity index is 2.42. The van der Waals surface area contributed by atoms with Crippen LogP contribution in [0.25, 0.3) is 0 Å². The lowest BCUT2D eigenvalue weighted by atomic mass is 10.2. The molecule has 19 heavy (non-hydrogen) atoms. The Hall–Kier alpha value is -2.53. The number of anilines is 2. The van der Waals surface area contributed by atoms with E-state index < -0.39 is 10.0 Å². The molecule has 0 aliphatic heterocycles. The standard InChI is InChI=1S/C11H11N5O2S/c1-16-11(4-5-14-16)19(17,18)15-10-3-2-9(13)6-8(10)7-12/h2-6,15H,13H2,1H3. The van der Waals surface area contributed by atoms with Gasteiger partial charge in [-0.15, -0.1) is 0 Å². The van der Waals surface area contributed by atoms with Crippen molar-refractivity contribution < 1.29 is 8.42 Å². The second-order valence-corrected chi connectivity index (χ2v) is 5.44. The van der Waals surface area contributed by atoms with Gasteiger partial charge in [0.05, 0.1) is 17.4 Å². The molecule has 0 aliphatic rings. The van der Waals surface area contributed by atoms with Gasteiger partial charge in [0, 0.05) is 12.7 Å². The molecule has 0 saturated carbocycles. The highest BCUT2D eigenvalue weighted by Crippen LogP contribution is 2.21. The molecule has 8 heteroatoms. The van der Waals surface area contributed by atoms with E-state index in [-0.39, 0.29) is 16.3 Å². The van der Waals surface area contributed by atoms with Gasteiger partial charge in [0.1, 0.15) is 6.07 Å². The van der Waals surface area contributed by atoms with Crippen molar-refractivity contribution in [1.29, 1.82) is 5.26 Å². The summed E-state index contributed by atoms with van der Waals surface area (Å²) in [7, 11) is -2.27. The molecular formula is C11H11N5O2S. The molecule has 1 aromatic heterocycles. The first kappa shape index (κ1) is 12.9. The number of nitrogens with zero attached hydrogens (tertiary/aromatic N) is 3. The molecule has 0 fully saturated rings. The molecule has 0 radical (unpaired) electrons. The molecule has 98 valence electrons. The summed E-state index contributed by atoms with van der Waals surface area (Å²) in [5.74, 6) is 0. The van der Waals surface area contributed by atoms with E-state index in [0.717, 1.165) is 0 Å². The number of nitrogen functional groups attached to an aromatic ring is 1. The van der Waals surface area contributed by atoms with Crippen molar-refractivity contribution in [2.45, 2.75) is 5.03 Å². The highest BCUT2D eigenvalue weighted by Gasteiger charge is 2.19. The Bertz CT molecular complexity index is 758. The number of nitrogens with two attached hydrogens (primary N) is 1. The molecule has 0 spiro atoms. The van der Waals surface area contributed by atoms with E-state index >= 15 is 0 Å². The minimum Gasteiger partial charge on any atom is -0.399 e. The topological polar surface area (TPSA) is 114 Å². The van der Waals surface area contributed by atoms with Gasteiger partial charge in [-0.3, -0.25) is 9.40 Å². The number of sulfonamides is 1. The number of nitriles is 1. The average Bonchev–Trinajstić information content (AvgIpc) is 2.78. The van der Waals surface area contributed by atoms with Crippen LogP contribution in [0, 0.1) is 11.3 Å². The fraction of sp³-hybridized carbons (Fsp3) is 0.0909. The fourth-order valence-corrected chi connectivity index (χ4v) is 2.77. The molecule has 1 heterocycles. The van der Waals surface area contributed by atoms with E-state index in [9.17, 15) is 8.42 Å². The Kier molecular flexibility index (Phi) is 3.14. The first-order valence-electron chi connectivity index (χ1n) is 5.24. The van der Waals surface area contributed by atoms with Crippen molar-refractivity contribution in [2.24, 2.45) is 7.05 Å². The lowest BCUT2D eigenvalue weighted by Crippen LogP contribution is -2.17. The zero-order valence-corrected chi connectivity index (χ0v) is 10.8. The van der Waals surface area contributed by atoms with E-state index in [0.29, 0.717) is 5.69 Å². The third-order valence-electron chi connectivity index (χ3n) is 2.46. The van der Waals surface area contributed by atoms with Gasteiger partial charge in [-0.2, -0.15) is 18.8 Å². The van der Waals surface area contributed by atoms with Crippen molar-refractivity contribution in [2.75, 3.05) is 10.5 Å². The van der Waals surface area contributed by atoms with Crippen molar-refractivity contribution >= 4 is 21.4 Å². The van der Waals surface area contributed by atoms with Gasteiger partial charge in [-0.1, -0.05) is 0 Å². The molecule has 0 unspecified atom stereocenters. The summed E-state index contributed by atoms with van der Waals surface area (Å²) in [6, 6.07) is 7.62. The second-order valence-electron chi connectivity index (χ2n) is 3.82. The van der Waals surface area contributed by atoms with Gasteiger partial charge in [0.2, 0.25) is 0 Å². The van der Waals surface area contributed by atoms with Gasteiger partial charge in [0.15, 0.2) is 5.03 Å². The molecule has 0 amide bonds. The van der Waals surface area contributed by atoms with Crippen LogP contribution in [0.5, 0.6) is 0 Å². The molecule has 0 aliphatic carbocycles. The highest BCUT2D eigenvalue weighted by atomic mass is 32.2. The number of aryl methyl sites for hydroxylation is 1. The normalized spacial score (nSPS) is 10.9. The quantitative estimate of drug-likeness (QED) is 0.800. The molecule has 1 aromatic carbocycles. The second kappa shape index (κ2) is 4.62. The number of rotatable bonds is 3. The zero-order valence-electron chi connectivity index (χ0n) is 10.0. The van der Waals surface area contributed by atoms with E-state index in [2.05, 4.69) is 9.82 Å². The van der Waals surface area contributed by atoms with Crippen LogP contribution in [0.15, 0.2) is 35.5 Å². The third kappa shape index (κ3) is 2.51. The van der Waals surface area contributed by atoms with Crippen LogP contribution in [0.4, 0.5) is 11.4 Å². The summed E-state index contributed by atoms with van der Waals surface area (Å²) in [6.07, 6.45) is 1.38. The van der Waals surface area contributed by atoms with E-state index in [1.807, 2.05) is 6.07 Å². The minimum absolute atomic E-state index is 0.00761. The summed E-state index contributed by atoms with van der Waals surface area (Å²) in [5, 5.41) is 12.8. The maximum atomic E-state index is 12.1. The lowest BCUT2D eigenvalue weighted by Gasteiger charge is -2.09. The van der Waals surface area contributed by atoms with Gasteiger partial charge >= 0.3 is 0 Å². The van der Waals surface area contributed by atoms with Crippen LogP contribution in [0.3, 0.4) is 0 Å². The Labute approximate surface area is 110 Å². The maximum Gasteiger partial charge on any atom is 0.279 e. The van der Waals surface area contributed by atoms with Crippen LogP contribution < -0.4 is 10.5 Å². The van der Waals surface area contributed by atoms with Gasteiger partial charge < -0.3 is 5.73 Å². The summed E-state index contributed by atoms with van der Waals surface area (Å²) in [6.45, 7) is 0. The van der Waals surface area contributed by atoms with Gasteiger partial charge in [-0.05, 0) is 24.3 Å². The van der Waals surface area contributed by atoms with Crippen LogP contribution >= 0.6 is 0 Å². The minimum atomic E-state index is -3.79. The van der Waals surface area contributed by atoms with E-state index in [1.54, 1.807) is 0 Å². The summed E-state index contributed by atoms with van der Waals surface area (Å²) < 4.78 is 27.8. The van der Waals surface area contributed by atoms with E-state index in [4.69, 9.17) is 11.0 Å². The molecule has 2 rings (SSSR count). The Morgan fingerprint density at radius 1 is 1.42 bits per heavy atom. The van der Waals surface area contributed by atoms with Crippen LogP contribution in [-0.4, -0.2) is 18.2 Å². The predicted octanol–water partition coefficient (Wildman–Crippen LogP) is 0.675. The monoisotopic (exact) mass is 277 g/mol. The zero-order chi connectivity index (χ0) is 14.0. The van der Waals surface area contributed by atoms with Crippen molar-refractivity contribution in [1.82, 2.24) is 9.78 Å². The van der Waals surface area contributed by atoms with Crippen LogP contribution in [0.2, 0.25) is 0 Å². The first-order valence-corrected chi connectivity index (χ1v) is 6.73. The fourth-order valence-electron chi connectivity index (χ4n) is 1.57. The van der Waals surface area contributed by atoms with Gasteiger partial charge in [-0.25, -0.2) is 0 Å². The molecule has 7 nitrogen and oxygen atoms in total. The van der Waals surface area contributed by atoms with Crippen molar-refractivity contribution in [3.05, 3.63) is 36.0 Å². The number of benzene rings is 1. The molecule has 0 saturated heterocycles. The third-order valence-corrected chi connectivity index (χ3v) is 3.90. The molecule has 3 N–H and O–H groups in total. The van der Waals surface area contributed by atoms with Crippen LogP contribution in [-0.2, 0) is 17.1 Å². The van der Waals surface area contributed by atoms with Gasteiger partial charge in [0.25, 0.3) is 10.0 Å². The Morgan fingerprint density at radius 3 is 2.74 bits per heavy atom. The summed E-state index contributed by atoms with van der Waals surface area (Å²) >= 11 is 0. The average molecular weight is 277 g/mol. The van der Waals surface area contributed by atoms with E-state index in [1.165, 1.54) is 42.2 Å². The Morgan fingerprint density at radius 2 is 2.16 bits per heavy atom.